The Morgan fingerprint density at radius 2 is 1.88 bits per heavy atom. The summed E-state index contributed by atoms with van der Waals surface area (Å²) in [5, 5.41) is 12.2. The van der Waals surface area contributed by atoms with Crippen molar-refractivity contribution >= 4 is 28.8 Å². The summed E-state index contributed by atoms with van der Waals surface area (Å²) in [6, 6.07) is 7.15. The van der Waals surface area contributed by atoms with E-state index in [9.17, 15) is 13.2 Å². The third-order valence-electron chi connectivity index (χ3n) is 4.94. The minimum absolute atomic E-state index is 0.121. The molecule has 5 heterocycles. The summed E-state index contributed by atoms with van der Waals surface area (Å²) in [4.78, 5) is 17.1. The molecule has 0 spiro atoms. The van der Waals surface area contributed by atoms with E-state index in [-0.39, 0.29) is 5.82 Å². The maximum Gasteiger partial charge on any atom is 0.471 e. The highest BCUT2D eigenvalue weighted by molar-refractivity contribution is 7.15. The van der Waals surface area contributed by atoms with Gasteiger partial charge in [-0.05, 0) is 24.3 Å². The SMILES string of the molecule is FC(F)(F)c1nc(-c2ccc(CN(c3cnccn3)c3ccc(N4CCOCC4)nn3)s2)no1. The van der Waals surface area contributed by atoms with E-state index in [0.717, 1.165) is 23.8 Å². The number of rotatable bonds is 6. The fourth-order valence-corrected chi connectivity index (χ4v) is 4.23. The van der Waals surface area contributed by atoms with E-state index < -0.39 is 12.1 Å². The van der Waals surface area contributed by atoms with Crippen molar-refractivity contribution in [2.75, 3.05) is 36.1 Å². The number of hydrogen-bond donors (Lipinski definition) is 0. The molecule has 1 aliphatic heterocycles. The minimum Gasteiger partial charge on any atom is -0.378 e. The summed E-state index contributed by atoms with van der Waals surface area (Å²) in [6.07, 6.45) is 0.0311. The van der Waals surface area contributed by atoms with Crippen LogP contribution in [-0.2, 0) is 17.5 Å². The van der Waals surface area contributed by atoms with Gasteiger partial charge < -0.3 is 19.1 Å². The molecule has 0 bridgehead atoms. The lowest BCUT2D eigenvalue weighted by Crippen LogP contribution is -2.36. The minimum atomic E-state index is -4.69. The first-order valence-electron chi connectivity index (χ1n) is 10.2. The molecule has 0 atom stereocenters. The van der Waals surface area contributed by atoms with Gasteiger partial charge in [-0.2, -0.15) is 18.2 Å². The van der Waals surface area contributed by atoms with Crippen molar-refractivity contribution in [2.24, 2.45) is 0 Å². The summed E-state index contributed by atoms with van der Waals surface area (Å²) < 4.78 is 48.1. The Bertz CT molecular complexity index is 1230. The summed E-state index contributed by atoms with van der Waals surface area (Å²) in [7, 11) is 0. The van der Waals surface area contributed by atoms with Crippen LogP contribution in [0.2, 0.25) is 0 Å². The zero-order valence-corrected chi connectivity index (χ0v) is 18.3. The number of anilines is 3. The first-order chi connectivity index (χ1) is 16.5. The van der Waals surface area contributed by atoms with Crippen LogP contribution in [0.4, 0.5) is 30.6 Å². The van der Waals surface area contributed by atoms with E-state index in [1.165, 1.54) is 11.3 Å². The Morgan fingerprint density at radius 1 is 1.03 bits per heavy atom. The van der Waals surface area contributed by atoms with Gasteiger partial charge in [0.05, 0.1) is 30.8 Å². The summed E-state index contributed by atoms with van der Waals surface area (Å²) in [5.41, 5.74) is 0. The van der Waals surface area contributed by atoms with Crippen LogP contribution < -0.4 is 9.80 Å². The zero-order valence-electron chi connectivity index (χ0n) is 17.5. The molecule has 0 radical (unpaired) electrons. The molecule has 1 fully saturated rings. The van der Waals surface area contributed by atoms with E-state index in [4.69, 9.17) is 4.74 Å². The van der Waals surface area contributed by atoms with Gasteiger partial charge in [-0.3, -0.25) is 4.98 Å². The second kappa shape index (κ2) is 9.30. The molecule has 5 rings (SSSR count). The van der Waals surface area contributed by atoms with Gasteiger partial charge in [0.25, 0.3) is 0 Å². The van der Waals surface area contributed by atoms with E-state index in [1.807, 2.05) is 17.0 Å². The lowest BCUT2D eigenvalue weighted by atomic mass is 10.3. The maximum absolute atomic E-state index is 12.8. The standard InChI is InChI=1S/C20H17F3N8O2S/c21-20(22,23)19-26-18(29-33-19)14-2-1-13(34-14)12-31(17-11-24-5-6-25-17)16-4-3-15(27-28-16)30-7-9-32-10-8-30/h1-6,11H,7-10,12H2. The number of thiophene rings is 1. The van der Waals surface area contributed by atoms with Crippen molar-refractivity contribution < 1.29 is 22.4 Å². The lowest BCUT2D eigenvalue weighted by molar-refractivity contribution is -0.159. The normalized spacial score (nSPS) is 14.4. The second-order valence-corrected chi connectivity index (χ2v) is 8.35. The molecule has 176 valence electrons. The van der Waals surface area contributed by atoms with Crippen LogP contribution in [0.15, 0.2) is 47.4 Å². The predicted molar refractivity (Wildman–Crippen MR) is 116 cm³/mol. The highest BCUT2D eigenvalue weighted by Crippen LogP contribution is 2.33. The first-order valence-corrected chi connectivity index (χ1v) is 11.0. The molecule has 10 nitrogen and oxygen atoms in total. The number of morpholine rings is 1. The van der Waals surface area contributed by atoms with E-state index in [2.05, 4.69) is 39.7 Å². The predicted octanol–water partition coefficient (Wildman–Crippen LogP) is 3.57. The first kappa shape index (κ1) is 22.2. The molecule has 0 N–H and O–H groups in total. The molecule has 4 aromatic heterocycles. The Morgan fingerprint density at radius 3 is 2.56 bits per heavy atom. The Hall–Kier alpha value is -3.65. The van der Waals surface area contributed by atoms with Crippen molar-refractivity contribution in [1.82, 2.24) is 30.3 Å². The third-order valence-corrected chi connectivity index (χ3v) is 6.00. The van der Waals surface area contributed by atoms with Crippen LogP contribution in [0.5, 0.6) is 0 Å². The number of aromatic nitrogens is 6. The van der Waals surface area contributed by atoms with Gasteiger partial charge >= 0.3 is 12.1 Å². The van der Waals surface area contributed by atoms with Crippen LogP contribution in [0, 0.1) is 0 Å². The topological polar surface area (TPSA) is 106 Å². The molecule has 14 heteroatoms. The molecule has 0 unspecified atom stereocenters. The van der Waals surface area contributed by atoms with Gasteiger partial charge in [0.2, 0.25) is 5.82 Å². The molecule has 0 amide bonds. The van der Waals surface area contributed by atoms with Crippen molar-refractivity contribution in [3.8, 4) is 10.7 Å². The van der Waals surface area contributed by atoms with Gasteiger partial charge in [-0.15, -0.1) is 21.5 Å². The molecule has 0 saturated carbocycles. The monoisotopic (exact) mass is 490 g/mol. The summed E-state index contributed by atoms with van der Waals surface area (Å²) in [5.74, 6) is 0.344. The van der Waals surface area contributed by atoms with Crippen LogP contribution in [-0.4, -0.2) is 56.6 Å². The molecular weight excluding hydrogens is 473 g/mol. The van der Waals surface area contributed by atoms with Gasteiger partial charge in [0.1, 0.15) is 0 Å². The van der Waals surface area contributed by atoms with Gasteiger partial charge in [0, 0.05) is 30.4 Å². The Kier molecular flexibility index (Phi) is 6.06. The highest BCUT2D eigenvalue weighted by atomic mass is 32.1. The van der Waals surface area contributed by atoms with E-state index in [1.54, 1.807) is 30.7 Å². The van der Waals surface area contributed by atoms with Crippen molar-refractivity contribution in [1.29, 1.82) is 0 Å². The average molecular weight is 490 g/mol. The van der Waals surface area contributed by atoms with Crippen LogP contribution in [0.1, 0.15) is 10.8 Å². The number of ether oxygens (including phenoxy) is 1. The Labute approximate surface area is 195 Å². The summed E-state index contributed by atoms with van der Waals surface area (Å²) in [6.45, 7) is 3.10. The number of alkyl halides is 3. The largest absolute Gasteiger partial charge is 0.471 e. The van der Waals surface area contributed by atoms with Crippen molar-refractivity contribution in [3.63, 3.8) is 0 Å². The number of nitrogens with zero attached hydrogens (tertiary/aromatic N) is 8. The second-order valence-electron chi connectivity index (χ2n) is 7.19. The number of hydrogen-bond acceptors (Lipinski definition) is 11. The maximum atomic E-state index is 12.8. The lowest BCUT2D eigenvalue weighted by Gasteiger charge is -2.28. The van der Waals surface area contributed by atoms with Gasteiger partial charge in [-0.1, -0.05) is 5.16 Å². The van der Waals surface area contributed by atoms with Crippen molar-refractivity contribution in [2.45, 2.75) is 12.7 Å². The third kappa shape index (κ3) is 4.82. The Balaban J connectivity index is 1.39. The van der Waals surface area contributed by atoms with Gasteiger partial charge in [-0.25, -0.2) is 4.98 Å². The quantitative estimate of drug-likeness (QED) is 0.398. The van der Waals surface area contributed by atoms with Crippen molar-refractivity contribution in [3.05, 3.63) is 53.6 Å². The zero-order chi connectivity index (χ0) is 23.5. The summed E-state index contributed by atoms with van der Waals surface area (Å²) >= 11 is 1.24. The van der Waals surface area contributed by atoms with E-state index in [0.29, 0.717) is 36.3 Å². The van der Waals surface area contributed by atoms with Crippen LogP contribution in [0.3, 0.4) is 0 Å². The molecule has 1 saturated heterocycles. The molecule has 0 aromatic carbocycles. The van der Waals surface area contributed by atoms with Crippen LogP contribution >= 0.6 is 11.3 Å². The average Bonchev–Trinajstić information content (AvgIpc) is 3.54. The molecular formula is C20H17F3N8O2S. The molecule has 34 heavy (non-hydrogen) atoms. The van der Waals surface area contributed by atoms with Crippen LogP contribution in [0.25, 0.3) is 10.7 Å². The highest BCUT2D eigenvalue weighted by Gasteiger charge is 2.38. The molecule has 1 aliphatic rings. The van der Waals surface area contributed by atoms with Gasteiger partial charge in [0.15, 0.2) is 17.5 Å². The fourth-order valence-electron chi connectivity index (χ4n) is 3.31. The molecule has 0 aliphatic carbocycles. The molecule has 4 aromatic rings. The van der Waals surface area contributed by atoms with E-state index >= 15 is 0 Å². The fraction of sp³-hybridized carbons (Fsp3) is 0.300. The number of halogens is 3. The smallest absolute Gasteiger partial charge is 0.378 e.